The molecule has 8 heteroatoms. The van der Waals surface area contributed by atoms with Crippen LogP contribution in [-0.2, 0) is 11.2 Å². The van der Waals surface area contributed by atoms with Crippen molar-refractivity contribution in [1.29, 1.82) is 0 Å². The fourth-order valence-electron chi connectivity index (χ4n) is 2.28. The van der Waals surface area contributed by atoms with Gasteiger partial charge in [0.1, 0.15) is 5.75 Å². The van der Waals surface area contributed by atoms with Crippen molar-refractivity contribution in [3.63, 3.8) is 0 Å². The first-order valence-electron chi connectivity index (χ1n) is 8.26. The fourth-order valence-corrected chi connectivity index (χ4v) is 2.61. The van der Waals surface area contributed by atoms with E-state index in [9.17, 15) is 9.18 Å². The minimum Gasteiger partial charge on any atom is -0.494 e. The second kappa shape index (κ2) is 8.77. The largest absolute Gasteiger partial charge is 0.494 e. The monoisotopic (exact) mass is 434 g/mol. The number of carbonyl (C=O) groups excluding carboxylic acids is 1. The number of hydrogen-bond acceptors (Lipinski definition) is 6. The van der Waals surface area contributed by atoms with E-state index < -0.39 is 11.8 Å². The summed E-state index contributed by atoms with van der Waals surface area (Å²) in [4.78, 5) is 16.2. The van der Waals surface area contributed by atoms with Crippen molar-refractivity contribution in [3.05, 3.63) is 58.6 Å². The van der Waals surface area contributed by atoms with Gasteiger partial charge >= 0.3 is 5.97 Å². The van der Waals surface area contributed by atoms with Gasteiger partial charge in [-0.3, -0.25) is 4.79 Å². The molecule has 1 heterocycles. The summed E-state index contributed by atoms with van der Waals surface area (Å²) in [5.74, 6) is 0.148. The quantitative estimate of drug-likeness (QED) is 0.400. The second-order valence-electron chi connectivity index (χ2n) is 5.52. The van der Waals surface area contributed by atoms with Gasteiger partial charge in [-0.05, 0) is 49.4 Å². The number of carbonyl (C=O) groups is 1. The van der Waals surface area contributed by atoms with Crippen molar-refractivity contribution >= 4 is 21.9 Å². The molecular formula is C19H16BrFN2O4. The Morgan fingerprint density at radius 1 is 1.22 bits per heavy atom. The summed E-state index contributed by atoms with van der Waals surface area (Å²) in [6.07, 6.45) is 0.182. The summed E-state index contributed by atoms with van der Waals surface area (Å²) in [7, 11) is 0. The summed E-state index contributed by atoms with van der Waals surface area (Å²) in [6.45, 7) is 2.50. The van der Waals surface area contributed by atoms with Crippen molar-refractivity contribution in [2.45, 2.75) is 19.8 Å². The van der Waals surface area contributed by atoms with Crippen LogP contribution in [0.2, 0.25) is 0 Å². The normalized spacial score (nSPS) is 10.6. The number of benzene rings is 2. The van der Waals surface area contributed by atoms with E-state index in [0.29, 0.717) is 22.8 Å². The summed E-state index contributed by atoms with van der Waals surface area (Å²) in [5.41, 5.74) is 0.771. The lowest BCUT2D eigenvalue weighted by molar-refractivity contribution is -0.134. The molecule has 0 N–H and O–H groups in total. The number of ether oxygens (including phenoxy) is 2. The first-order valence-corrected chi connectivity index (χ1v) is 9.06. The van der Waals surface area contributed by atoms with Crippen molar-refractivity contribution in [3.8, 4) is 22.9 Å². The van der Waals surface area contributed by atoms with E-state index in [1.807, 2.05) is 31.2 Å². The van der Waals surface area contributed by atoms with Crippen LogP contribution in [0.5, 0.6) is 11.5 Å². The molecular weight excluding hydrogens is 419 g/mol. The summed E-state index contributed by atoms with van der Waals surface area (Å²) in [6, 6.07) is 11.5. The summed E-state index contributed by atoms with van der Waals surface area (Å²) in [5, 5.41) is 3.90. The van der Waals surface area contributed by atoms with Crippen molar-refractivity contribution in [2.75, 3.05) is 6.61 Å². The lowest BCUT2D eigenvalue weighted by Gasteiger charge is -2.04. The molecule has 0 aliphatic rings. The average Bonchev–Trinajstić information content (AvgIpc) is 3.12. The first-order chi connectivity index (χ1) is 13.0. The van der Waals surface area contributed by atoms with E-state index in [1.54, 1.807) is 6.07 Å². The molecule has 0 bridgehead atoms. The van der Waals surface area contributed by atoms with E-state index >= 15 is 0 Å². The van der Waals surface area contributed by atoms with Crippen LogP contribution in [0.1, 0.15) is 19.2 Å². The molecule has 0 amide bonds. The van der Waals surface area contributed by atoms with Gasteiger partial charge in [0.15, 0.2) is 11.6 Å². The minimum absolute atomic E-state index is 0.0135. The smallest absolute Gasteiger partial charge is 0.311 e. The number of aromatic nitrogens is 2. The van der Waals surface area contributed by atoms with Crippen LogP contribution in [-0.4, -0.2) is 22.7 Å². The lowest BCUT2D eigenvalue weighted by atomic mass is 10.2. The van der Waals surface area contributed by atoms with Crippen molar-refractivity contribution < 1.29 is 23.2 Å². The highest BCUT2D eigenvalue weighted by Crippen LogP contribution is 2.23. The molecule has 0 saturated carbocycles. The fraction of sp³-hybridized carbons (Fsp3) is 0.211. The molecule has 0 aliphatic heterocycles. The lowest BCUT2D eigenvalue weighted by Crippen LogP contribution is -2.10. The summed E-state index contributed by atoms with van der Waals surface area (Å²) < 4.78 is 29.8. The molecule has 6 nitrogen and oxygen atoms in total. The third-order valence-electron chi connectivity index (χ3n) is 3.55. The van der Waals surface area contributed by atoms with Gasteiger partial charge in [-0.2, -0.15) is 4.98 Å². The zero-order valence-corrected chi connectivity index (χ0v) is 16.0. The topological polar surface area (TPSA) is 74.5 Å². The highest BCUT2D eigenvalue weighted by molar-refractivity contribution is 9.10. The molecule has 3 aromatic rings. The number of hydrogen-bond donors (Lipinski definition) is 0. The van der Waals surface area contributed by atoms with E-state index in [2.05, 4.69) is 26.1 Å². The number of nitrogens with zero attached hydrogens (tertiary/aromatic N) is 2. The van der Waals surface area contributed by atoms with Gasteiger partial charge < -0.3 is 14.0 Å². The summed E-state index contributed by atoms with van der Waals surface area (Å²) >= 11 is 3.14. The Balaban J connectivity index is 1.56. The SMILES string of the molecule is CCOc1ccc(-c2noc(CCC(=O)Oc3ccc(Br)cc3F)n2)cc1. The number of aryl methyl sites for hydroxylation is 1. The van der Waals surface area contributed by atoms with E-state index in [0.717, 1.165) is 11.3 Å². The molecule has 3 rings (SSSR count). The van der Waals surface area contributed by atoms with Gasteiger partial charge in [0.2, 0.25) is 11.7 Å². The maximum atomic E-state index is 13.7. The predicted octanol–water partition coefficient (Wildman–Crippen LogP) is 4.58. The van der Waals surface area contributed by atoms with Gasteiger partial charge in [0.25, 0.3) is 0 Å². The van der Waals surface area contributed by atoms with Crippen molar-refractivity contribution in [2.24, 2.45) is 0 Å². The third kappa shape index (κ3) is 5.13. The molecule has 2 aromatic carbocycles. The van der Waals surface area contributed by atoms with Crippen LogP contribution >= 0.6 is 15.9 Å². The Kier molecular flexibility index (Phi) is 6.18. The van der Waals surface area contributed by atoms with E-state index in [-0.39, 0.29) is 18.6 Å². The van der Waals surface area contributed by atoms with Gasteiger partial charge in [-0.25, -0.2) is 4.39 Å². The van der Waals surface area contributed by atoms with Crippen LogP contribution in [0.3, 0.4) is 0 Å². The molecule has 0 unspecified atom stereocenters. The Hall–Kier alpha value is -2.74. The van der Waals surface area contributed by atoms with Crippen LogP contribution in [0.25, 0.3) is 11.4 Å². The Morgan fingerprint density at radius 3 is 2.70 bits per heavy atom. The standard InChI is InChI=1S/C19H16BrFN2O4/c1-2-25-14-6-3-12(4-7-14)19-22-17(27-23-19)9-10-18(24)26-16-8-5-13(20)11-15(16)21/h3-8,11H,2,9-10H2,1H3. The Morgan fingerprint density at radius 2 is 2.00 bits per heavy atom. The Bertz CT molecular complexity index is 928. The molecule has 0 fully saturated rings. The third-order valence-corrected chi connectivity index (χ3v) is 4.05. The number of esters is 1. The number of halogens is 2. The highest BCUT2D eigenvalue weighted by Gasteiger charge is 2.14. The van der Waals surface area contributed by atoms with E-state index in [4.69, 9.17) is 14.0 Å². The molecule has 0 saturated heterocycles. The molecule has 27 heavy (non-hydrogen) atoms. The van der Waals surface area contributed by atoms with Crippen LogP contribution in [0, 0.1) is 5.82 Å². The highest BCUT2D eigenvalue weighted by atomic mass is 79.9. The molecule has 1 aromatic heterocycles. The van der Waals surface area contributed by atoms with Crippen LogP contribution in [0.15, 0.2) is 51.5 Å². The molecule has 0 radical (unpaired) electrons. The first kappa shape index (κ1) is 19.0. The van der Waals surface area contributed by atoms with E-state index in [1.165, 1.54) is 12.1 Å². The predicted molar refractivity (Wildman–Crippen MR) is 99.0 cm³/mol. The van der Waals surface area contributed by atoms with Gasteiger partial charge in [-0.15, -0.1) is 0 Å². The zero-order valence-electron chi connectivity index (χ0n) is 14.4. The molecule has 140 valence electrons. The average molecular weight is 435 g/mol. The maximum absolute atomic E-state index is 13.7. The number of rotatable bonds is 7. The van der Waals surface area contributed by atoms with Crippen molar-refractivity contribution in [1.82, 2.24) is 10.1 Å². The minimum atomic E-state index is -0.617. The molecule has 0 aliphatic carbocycles. The maximum Gasteiger partial charge on any atom is 0.311 e. The molecule has 0 spiro atoms. The van der Waals surface area contributed by atoms with Gasteiger partial charge in [0, 0.05) is 16.5 Å². The Labute approximate surface area is 163 Å². The van der Waals surface area contributed by atoms with Gasteiger partial charge in [0.05, 0.1) is 13.0 Å². The van der Waals surface area contributed by atoms with Crippen LogP contribution < -0.4 is 9.47 Å². The van der Waals surface area contributed by atoms with Gasteiger partial charge in [-0.1, -0.05) is 21.1 Å². The molecule has 0 atom stereocenters. The second-order valence-corrected chi connectivity index (χ2v) is 6.43. The zero-order chi connectivity index (χ0) is 19.2. The van der Waals surface area contributed by atoms with Crippen LogP contribution in [0.4, 0.5) is 4.39 Å².